The van der Waals surface area contributed by atoms with Crippen LogP contribution < -0.4 is 9.47 Å². The van der Waals surface area contributed by atoms with Crippen LogP contribution in [0.2, 0.25) is 0 Å². The van der Waals surface area contributed by atoms with Gasteiger partial charge in [-0.05, 0) is 50.2 Å². The first-order chi connectivity index (χ1) is 12.5. The second kappa shape index (κ2) is 6.61. The number of halogens is 2. The number of hydrogen-bond acceptors (Lipinski definition) is 3. The van der Waals surface area contributed by atoms with Crippen molar-refractivity contribution in [3.05, 3.63) is 69.7 Å². The molecule has 1 aromatic heterocycles. The average Bonchev–Trinajstić information content (AvgIpc) is 3.18. The predicted molar refractivity (Wildman–Crippen MR) is 103 cm³/mol. The molecule has 26 heavy (non-hydrogen) atoms. The van der Waals surface area contributed by atoms with Gasteiger partial charge in [0.25, 0.3) is 0 Å². The Balaban J connectivity index is 1.68. The number of benzene rings is 2. The van der Waals surface area contributed by atoms with Crippen LogP contribution in [0.5, 0.6) is 11.5 Å². The lowest BCUT2D eigenvalue weighted by Crippen LogP contribution is -2.02. The molecule has 132 valence electrons. The minimum Gasteiger partial charge on any atom is -0.454 e. The molecule has 1 aliphatic heterocycles. The Hall–Kier alpha value is -2.60. The normalized spacial score (nSPS) is 12.9. The molecular formula is C20H16BrFN2O2. The summed E-state index contributed by atoms with van der Waals surface area (Å²) in [5.74, 6) is 1.15. The number of fused-ring (bicyclic) bond motifs is 1. The highest BCUT2D eigenvalue weighted by atomic mass is 79.9. The first-order valence-electron chi connectivity index (χ1n) is 8.11. The van der Waals surface area contributed by atoms with Crippen molar-refractivity contribution in [1.82, 2.24) is 4.57 Å². The maximum absolute atomic E-state index is 14.4. The maximum Gasteiger partial charge on any atom is 0.231 e. The monoisotopic (exact) mass is 414 g/mol. The summed E-state index contributed by atoms with van der Waals surface area (Å²) in [5, 5.41) is 0. The van der Waals surface area contributed by atoms with E-state index in [-0.39, 0.29) is 12.6 Å². The van der Waals surface area contributed by atoms with Gasteiger partial charge in [-0.1, -0.05) is 15.9 Å². The first-order valence-corrected chi connectivity index (χ1v) is 8.90. The average molecular weight is 415 g/mol. The highest BCUT2D eigenvalue weighted by Crippen LogP contribution is 2.35. The summed E-state index contributed by atoms with van der Waals surface area (Å²) in [5.41, 5.74) is 4.09. The van der Waals surface area contributed by atoms with Crippen LogP contribution in [0.4, 0.5) is 10.1 Å². The summed E-state index contributed by atoms with van der Waals surface area (Å²) < 4.78 is 27.7. The van der Waals surface area contributed by atoms with Crippen LogP contribution in [0.3, 0.4) is 0 Å². The lowest BCUT2D eigenvalue weighted by molar-refractivity contribution is 0.174. The van der Waals surface area contributed by atoms with Gasteiger partial charge in [-0.25, -0.2) is 4.39 Å². The molecular weight excluding hydrogens is 399 g/mol. The van der Waals surface area contributed by atoms with Crippen LogP contribution in [0.1, 0.15) is 17.0 Å². The van der Waals surface area contributed by atoms with Gasteiger partial charge in [-0.3, -0.25) is 4.99 Å². The number of hydrogen-bond donors (Lipinski definition) is 0. The van der Waals surface area contributed by atoms with E-state index in [0.717, 1.165) is 28.4 Å². The fourth-order valence-corrected chi connectivity index (χ4v) is 3.39. The van der Waals surface area contributed by atoms with E-state index >= 15 is 0 Å². The third-order valence-electron chi connectivity index (χ3n) is 4.33. The van der Waals surface area contributed by atoms with E-state index in [2.05, 4.69) is 20.9 Å². The Morgan fingerprint density at radius 3 is 2.69 bits per heavy atom. The molecule has 4 nitrogen and oxygen atoms in total. The van der Waals surface area contributed by atoms with Crippen molar-refractivity contribution in [2.75, 3.05) is 6.79 Å². The van der Waals surface area contributed by atoms with E-state index in [1.54, 1.807) is 12.3 Å². The maximum atomic E-state index is 14.4. The molecule has 0 bridgehead atoms. The van der Waals surface area contributed by atoms with Gasteiger partial charge in [0.05, 0.1) is 11.4 Å². The van der Waals surface area contributed by atoms with Crippen molar-refractivity contribution in [2.45, 2.75) is 13.8 Å². The molecule has 2 heterocycles. The SMILES string of the molecule is Cc1cc(C=Nc2ccc3c(c2)OCO3)c(C)n1-c1ccc(Br)cc1F. The van der Waals surface area contributed by atoms with E-state index < -0.39 is 0 Å². The number of rotatable bonds is 3. The summed E-state index contributed by atoms with van der Waals surface area (Å²) in [6.45, 7) is 4.14. The van der Waals surface area contributed by atoms with Crippen LogP contribution in [0.25, 0.3) is 5.69 Å². The smallest absolute Gasteiger partial charge is 0.231 e. The molecule has 0 amide bonds. The molecule has 0 saturated carbocycles. The van der Waals surface area contributed by atoms with Gasteiger partial charge >= 0.3 is 0 Å². The van der Waals surface area contributed by atoms with Crippen molar-refractivity contribution in [3.63, 3.8) is 0 Å². The summed E-state index contributed by atoms with van der Waals surface area (Å²) in [6, 6.07) is 12.6. The Bertz CT molecular complexity index is 1030. The van der Waals surface area contributed by atoms with E-state index in [1.165, 1.54) is 6.07 Å². The van der Waals surface area contributed by atoms with Gasteiger partial charge in [-0.15, -0.1) is 0 Å². The minimum atomic E-state index is -0.277. The molecule has 0 N–H and O–H groups in total. The van der Waals surface area contributed by atoms with E-state index in [9.17, 15) is 4.39 Å². The Morgan fingerprint density at radius 1 is 1.08 bits per heavy atom. The van der Waals surface area contributed by atoms with Gasteiger partial charge < -0.3 is 14.0 Å². The lowest BCUT2D eigenvalue weighted by Gasteiger charge is -2.11. The summed E-state index contributed by atoms with van der Waals surface area (Å²) in [4.78, 5) is 4.52. The standard InChI is InChI=1S/C20H16BrFN2O2/c1-12-7-14(10-23-16-4-6-19-20(9-16)26-11-25-19)13(2)24(12)18-5-3-15(21)8-17(18)22/h3-10H,11H2,1-2H3. The summed E-state index contributed by atoms with van der Waals surface area (Å²) in [6.07, 6.45) is 1.78. The minimum absolute atomic E-state index is 0.239. The highest BCUT2D eigenvalue weighted by molar-refractivity contribution is 9.10. The zero-order valence-electron chi connectivity index (χ0n) is 14.3. The van der Waals surface area contributed by atoms with E-state index in [0.29, 0.717) is 15.9 Å². The first kappa shape index (κ1) is 16.8. The predicted octanol–water partition coefficient (Wildman–Crippen LogP) is 5.48. The van der Waals surface area contributed by atoms with Crippen LogP contribution in [-0.4, -0.2) is 17.6 Å². The zero-order chi connectivity index (χ0) is 18.3. The topological polar surface area (TPSA) is 35.8 Å². The third kappa shape index (κ3) is 3.01. The van der Waals surface area contributed by atoms with Crippen molar-refractivity contribution in [2.24, 2.45) is 4.99 Å². The van der Waals surface area contributed by atoms with Crippen LogP contribution >= 0.6 is 15.9 Å². The molecule has 0 spiro atoms. The molecule has 0 radical (unpaired) electrons. The van der Waals surface area contributed by atoms with Gasteiger partial charge in [-0.2, -0.15) is 0 Å². The molecule has 2 aromatic carbocycles. The van der Waals surface area contributed by atoms with Gasteiger partial charge in [0.15, 0.2) is 11.5 Å². The third-order valence-corrected chi connectivity index (χ3v) is 4.82. The van der Waals surface area contributed by atoms with E-state index in [1.807, 2.05) is 48.7 Å². The Morgan fingerprint density at radius 2 is 1.88 bits per heavy atom. The molecule has 0 unspecified atom stereocenters. The highest BCUT2D eigenvalue weighted by Gasteiger charge is 2.14. The molecule has 0 fully saturated rings. The Kier molecular flexibility index (Phi) is 4.28. The van der Waals surface area contributed by atoms with Crippen LogP contribution in [0, 0.1) is 19.7 Å². The molecule has 0 atom stereocenters. The molecule has 3 aromatic rings. The largest absolute Gasteiger partial charge is 0.454 e. The van der Waals surface area contributed by atoms with Crippen molar-refractivity contribution in [3.8, 4) is 17.2 Å². The number of aliphatic imine (C=N–C) groups is 1. The number of aryl methyl sites for hydroxylation is 1. The van der Waals surface area contributed by atoms with Crippen molar-refractivity contribution >= 4 is 27.8 Å². The molecule has 1 aliphatic rings. The quantitative estimate of drug-likeness (QED) is 0.532. The second-order valence-corrected chi connectivity index (χ2v) is 6.97. The fraction of sp³-hybridized carbons (Fsp3) is 0.150. The summed E-state index contributed by atoms with van der Waals surface area (Å²) >= 11 is 3.29. The van der Waals surface area contributed by atoms with Crippen molar-refractivity contribution in [1.29, 1.82) is 0 Å². The lowest BCUT2D eigenvalue weighted by atomic mass is 10.2. The van der Waals surface area contributed by atoms with Crippen LogP contribution in [0.15, 0.2) is 51.9 Å². The fourth-order valence-electron chi connectivity index (χ4n) is 3.06. The Labute approximate surface area is 159 Å². The number of ether oxygens (including phenoxy) is 2. The second-order valence-electron chi connectivity index (χ2n) is 6.05. The van der Waals surface area contributed by atoms with Gasteiger partial charge in [0, 0.05) is 33.7 Å². The molecule has 6 heteroatoms. The molecule has 4 rings (SSSR count). The zero-order valence-corrected chi connectivity index (χ0v) is 15.9. The van der Waals surface area contributed by atoms with E-state index in [4.69, 9.17) is 9.47 Å². The van der Waals surface area contributed by atoms with Gasteiger partial charge in [0.1, 0.15) is 5.82 Å². The number of aromatic nitrogens is 1. The molecule has 0 saturated heterocycles. The van der Waals surface area contributed by atoms with Crippen molar-refractivity contribution < 1.29 is 13.9 Å². The summed E-state index contributed by atoms with van der Waals surface area (Å²) in [7, 11) is 0. The van der Waals surface area contributed by atoms with Crippen LogP contribution in [-0.2, 0) is 0 Å². The molecule has 0 aliphatic carbocycles. The van der Waals surface area contributed by atoms with Gasteiger partial charge in [0.2, 0.25) is 6.79 Å². The number of nitrogens with zero attached hydrogens (tertiary/aromatic N) is 2.